The van der Waals surface area contributed by atoms with Gasteiger partial charge in [-0.1, -0.05) is 18.2 Å². The number of nitrogens with one attached hydrogen (secondary N) is 1. The summed E-state index contributed by atoms with van der Waals surface area (Å²) in [5.74, 6) is 0. The molecule has 0 saturated carbocycles. The Morgan fingerprint density at radius 1 is 1.32 bits per heavy atom. The van der Waals surface area contributed by atoms with E-state index in [1.54, 1.807) is 6.92 Å². The Balaban J connectivity index is 0.00000180. The van der Waals surface area contributed by atoms with Crippen LogP contribution in [-0.2, 0) is 17.1 Å². The highest BCUT2D eigenvalue weighted by Gasteiger charge is 2.23. The van der Waals surface area contributed by atoms with E-state index in [0.29, 0.717) is 4.90 Å². The van der Waals surface area contributed by atoms with Gasteiger partial charge in [-0.2, -0.15) is 0 Å². The van der Waals surface area contributed by atoms with Gasteiger partial charge in [0.15, 0.2) is 0 Å². The van der Waals surface area contributed by atoms with Crippen LogP contribution in [0.3, 0.4) is 0 Å². The molecule has 0 aliphatic heterocycles. The number of halogens is 1. The summed E-state index contributed by atoms with van der Waals surface area (Å²) in [7, 11) is -1.65. The number of nitrogens with zero attached hydrogens (tertiary/aromatic N) is 1. The normalized spacial score (nSPS) is 11.5. The molecule has 2 rings (SSSR count). The van der Waals surface area contributed by atoms with Crippen LogP contribution in [0, 0.1) is 6.92 Å². The third-order valence-corrected chi connectivity index (χ3v) is 4.68. The molecule has 0 aliphatic rings. The van der Waals surface area contributed by atoms with E-state index in [4.69, 9.17) is 5.73 Å². The highest BCUT2D eigenvalue weighted by molar-refractivity contribution is 7.89. The molecule has 19 heavy (non-hydrogen) atoms. The second-order valence-electron chi connectivity index (χ2n) is 4.18. The SMILES string of the molecule is Cc1c(S(=O)(=O)NCCN)c2ccccc2n1C.Cl. The van der Waals surface area contributed by atoms with Crippen molar-refractivity contribution in [3.63, 3.8) is 0 Å². The first-order chi connectivity index (χ1) is 8.49. The number of hydrogen-bond acceptors (Lipinski definition) is 3. The number of aromatic nitrogens is 1. The molecule has 3 N–H and O–H groups in total. The summed E-state index contributed by atoms with van der Waals surface area (Å²) in [5, 5.41) is 0.738. The zero-order chi connectivity index (χ0) is 13.3. The molecule has 0 unspecified atom stereocenters. The minimum absolute atomic E-state index is 0. The molecule has 0 aliphatic carbocycles. The molecule has 0 saturated heterocycles. The molecule has 1 heterocycles. The van der Waals surface area contributed by atoms with Crippen molar-refractivity contribution in [3.8, 4) is 0 Å². The quantitative estimate of drug-likeness (QED) is 0.889. The largest absolute Gasteiger partial charge is 0.347 e. The molecule has 1 aromatic heterocycles. The fourth-order valence-corrected chi connectivity index (χ4v) is 3.61. The lowest BCUT2D eigenvalue weighted by atomic mass is 10.2. The first-order valence-electron chi connectivity index (χ1n) is 5.73. The summed E-state index contributed by atoms with van der Waals surface area (Å²) in [6, 6.07) is 7.46. The summed E-state index contributed by atoms with van der Waals surface area (Å²) in [5.41, 5.74) is 6.97. The van der Waals surface area contributed by atoms with E-state index in [9.17, 15) is 8.42 Å². The highest BCUT2D eigenvalue weighted by Crippen LogP contribution is 2.28. The van der Waals surface area contributed by atoms with Crippen molar-refractivity contribution in [3.05, 3.63) is 30.0 Å². The van der Waals surface area contributed by atoms with Crippen molar-refractivity contribution in [1.29, 1.82) is 0 Å². The molecule has 7 heteroatoms. The smallest absolute Gasteiger partial charge is 0.243 e. The van der Waals surface area contributed by atoms with E-state index in [1.165, 1.54) is 0 Å². The van der Waals surface area contributed by atoms with Crippen molar-refractivity contribution >= 4 is 33.3 Å². The van der Waals surface area contributed by atoms with Gasteiger partial charge in [-0.25, -0.2) is 13.1 Å². The van der Waals surface area contributed by atoms with E-state index < -0.39 is 10.0 Å². The maximum Gasteiger partial charge on any atom is 0.243 e. The summed E-state index contributed by atoms with van der Waals surface area (Å²) in [6.45, 7) is 2.32. The lowest BCUT2D eigenvalue weighted by Gasteiger charge is -2.06. The summed E-state index contributed by atoms with van der Waals surface area (Å²) >= 11 is 0. The zero-order valence-electron chi connectivity index (χ0n) is 10.9. The first kappa shape index (κ1) is 16.0. The number of rotatable bonds is 4. The second-order valence-corrected chi connectivity index (χ2v) is 5.88. The lowest BCUT2D eigenvalue weighted by Crippen LogP contribution is -2.29. The molecule has 0 bridgehead atoms. The minimum atomic E-state index is -3.51. The number of aryl methyl sites for hydroxylation is 1. The Labute approximate surface area is 119 Å². The maximum absolute atomic E-state index is 12.3. The molecular formula is C12H18ClN3O2S. The predicted molar refractivity (Wildman–Crippen MR) is 79.1 cm³/mol. The fraction of sp³-hybridized carbons (Fsp3) is 0.333. The van der Waals surface area contributed by atoms with Gasteiger partial charge in [-0.15, -0.1) is 12.4 Å². The Morgan fingerprint density at radius 3 is 2.58 bits per heavy atom. The van der Waals surface area contributed by atoms with Crippen LogP contribution in [0.4, 0.5) is 0 Å². The van der Waals surface area contributed by atoms with Crippen LogP contribution in [0.5, 0.6) is 0 Å². The van der Waals surface area contributed by atoms with Crippen LogP contribution >= 0.6 is 12.4 Å². The molecule has 0 atom stereocenters. The number of hydrogen-bond donors (Lipinski definition) is 2. The van der Waals surface area contributed by atoms with E-state index >= 15 is 0 Å². The van der Waals surface area contributed by atoms with Gasteiger partial charge in [-0.3, -0.25) is 0 Å². The Kier molecular flexibility index (Phi) is 4.98. The van der Waals surface area contributed by atoms with Gasteiger partial charge in [0.05, 0.1) is 0 Å². The topological polar surface area (TPSA) is 77.1 Å². The van der Waals surface area contributed by atoms with Gasteiger partial charge in [0.25, 0.3) is 0 Å². The number of benzene rings is 1. The van der Waals surface area contributed by atoms with Crippen LogP contribution < -0.4 is 10.5 Å². The minimum Gasteiger partial charge on any atom is -0.347 e. The monoisotopic (exact) mass is 303 g/mol. The van der Waals surface area contributed by atoms with Gasteiger partial charge >= 0.3 is 0 Å². The molecule has 106 valence electrons. The Bertz CT molecular complexity index is 680. The van der Waals surface area contributed by atoms with E-state index in [0.717, 1.165) is 16.6 Å². The predicted octanol–water partition coefficient (Wildman–Crippen LogP) is 1.15. The van der Waals surface area contributed by atoms with Crippen LogP contribution in [-0.4, -0.2) is 26.1 Å². The molecule has 0 radical (unpaired) electrons. The molecule has 0 spiro atoms. The van der Waals surface area contributed by atoms with Gasteiger partial charge in [0.2, 0.25) is 10.0 Å². The van der Waals surface area contributed by atoms with E-state index in [1.807, 2.05) is 35.9 Å². The maximum atomic E-state index is 12.3. The van der Waals surface area contributed by atoms with Gasteiger partial charge in [-0.05, 0) is 13.0 Å². The molecule has 1 aromatic carbocycles. The first-order valence-corrected chi connectivity index (χ1v) is 7.21. The summed E-state index contributed by atoms with van der Waals surface area (Å²) in [6.07, 6.45) is 0. The molecule has 5 nitrogen and oxygen atoms in total. The van der Waals surface area contributed by atoms with E-state index in [2.05, 4.69) is 4.72 Å². The van der Waals surface area contributed by atoms with Gasteiger partial charge in [0, 0.05) is 36.7 Å². The number of sulfonamides is 1. The third-order valence-electron chi connectivity index (χ3n) is 3.05. The van der Waals surface area contributed by atoms with Crippen LogP contribution in [0.15, 0.2) is 29.2 Å². The van der Waals surface area contributed by atoms with Crippen molar-refractivity contribution in [2.24, 2.45) is 12.8 Å². The number of nitrogens with two attached hydrogens (primary N) is 1. The number of para-hydroxylation sites is 1. The average Bonchev–Trinajstić information content (AvgIpc) is 2.61. The van der Waals surface area contributed by atoms with Crippen LogP contribution in [0.25, 0.3) is 10.9 Å². The van der Waals surface area contributed by atoms with Gasteiger partial charge in [0.1, 0.15) is 4.90 Å². The Morgan fingerprint density at radius 2 is 1.95 bits per heavy atom. The average molecular weight is 304 g/mol. The zero-order valence-corrected chi connectivity index (χ0v) is 12.5. The van der Waals surface area contributed by atoms with E-state index in [-0.39, 0.29) is 25.5 Å². The van der Waals surface area contributed by atoms with Crippen LogP contribution in [0.1, 0.15) is 5.69 Å². The number of fused-ring (bicyclic) bond motifs is 1. The third kappa shape index (κ3) is 2.76. The summed E-state index contributed by atoms with van der Waals surface area (Å²) in [4.78, 5) is 0.342. The van der Waals surface area contributed by atoms with Crippen molar-refractivity contribution in [2.75, 3.05) is 13.1 Å². The van der Waals surface area contributed by atoms with Crippen molar-refractivity contribution < 1.29 is 8.42 Å². The highest BCUT2D eigenvalue weighted by atomic mass is 35.5. The molecule has 2 aromatic rings. The van der Waals surface area contributed by atoms with Crippen LogP contribution in [0.2, 0.25) is 0 Å². The Hall–Kier alpha value is -1.08. The van der Waals surface area contributed by atoms with Crippen molar-refractivity contribution in [1.82, 2.24) is 9.29 Å². The van der Waals surface area contributed by atoms with Crippen molar-refractivity contribution in [2.45, 2.75) is 11.8 Å². The van der Waals surface area contributed by atoms with Gasteiger partial charge < -0.3 is 10.3 Å². The lowest BCUT2D eigenvalue weighted by molar-refractivity contribution is 0.582. The summed E-state index contributed by atoms with van der Waals surface area (Å²) < 4.78 is 28.9. The molecular weight excluding hydrogens is 286 g/mol. The molecule has 0 amide bonds. The standard InChI is InChI=1S/C12H17N3O2S.ClH/c1-9-12(18(16,17)14-8-7-13)10-5-3-4-6-11(10)15(9)2;/h3-6,14H,7-8,13H2,1-2H3;1H. The second kappa shape index (κ2) is 5.92. The fourth-order valence-electron chi connectivity index (χ4n) is 2.09. The molecule has 0 fully saturated rings.